The Labute approximate surface area is 161 Å². The number of benzene rings is 1. The summed E-state index contributed by atoms with van der Waals surface area (Å²) in [7, 11) is 1.84. The monoisotopic (exact) mass is 385 g/mol. The van der Waals surface area contributed by atoms with E-state index in [-0.39, 0.29) is 17.9 Å². The lowest BCUT2D eigenvalue weighted by Crippen LogP contribution is -2.53. The highest BCUT2D eigenvalue weighted by Crippen LogP contribution is 2.33. The second-order valence-corrected chi connectivity index (χ2v) is 7.48. The number of piperazine rings is 1. The zero-order valence-corrected chi connectivity index (χ0v) is 15.9. The number of hydrogen-bond donors (Lipinski definition) is 2. The largest absolute Gasteiger partial charge is 0.465 e. The molecule has 1 aromatic carbocycles. The van der Waals surface area contributed by atoms with Crippen LogP contribution in [0.3, 0.4) is 0 Å². The number of imide groups is 1. The molecule has 2 aliphatic heterocycles. The van der Waals surface area contributed by atoms with Gasteiger partial charge in [0.05, 0.1) is 17.1 Å². The van der Waals surface area contributed by atoms with Gasteiger partial charge in [-0.3, -0.25) is 19.6 Å². The van der Waals surface area contributed by atoms with Gasteiger partial charge in [-0.15, -0.1) is 0 Å². The SMILES string of the molecule is C[C@H]1CN(C(=O)O)CCN1c1ccc2c(C3CCC(=O)NC3=O)nn(C)c2c1. The molecule has 1 aromatic heterocycles. The maximum atomic E-state index is 12.3. The van der Waals surface area contributed by atoms with Crippen LogP contribution in [0, 0.1) is 0 Å². The van der Waals surface area contributed by atoms with E-state index >= 15 is 0 Å². The number of carboxylic acid groups (broad SMARTS) is 1. The van der Waals surface area contributed by atoms with E-state index in [0.717, 1.165) is 16.6 Å². The summed E-state index contributed by atoms with van der Waals surface area (Å²) < 4.78 is 1.76. The molecule has 148 valence electrons. The van der Waals surface area contributed by atoms with Gasteiger partial charge < -0.3 is 14.9 Å². The molecule has 0 radical (unpaired) electrons. The van der Waals surface area contributed by atoms with Crippen molar-refractivity contribution in [3.8, 4) is 0 Å². The van der Waals surface area contributed by atoms with E-state index in [2.05, 4.69) is 15.3 Å². The summed E-state index contributed by atoms with van der Waals surface area (Å²) in [6, 6.07) is 6.05. The minimum absolute atomic E-state index is 0.0603. The number of aryl methyl sites for hydroxylation is 1. The van der Waals surface area contributed by atoms with Gasteiger partial charge in [0.2, 0.25) is 11.8 Å². The van der Waals surface area contributed by atoms with Crippen molar-refractivity contribution in [1.82, 2.24) is 20.0 Å². The molecule has 0 aliphatic carbocycles. The average Bonchev–Trinajstić information content (AvgIpc) is 2.97. The van der Waals surface area contributed by atoms with Gasteiger partial charge in [-0.25, -0.2) is 4.79 Å². The molecular formula is C19H23N5O4. The molecule has 9 nitrogen and oxygen atoms in total. The van der Waals surface area contributed by atoms with Crippen molar-refractivity contribution in [1.29, 1.82) is 0 Å². The molecule has 2 saturated heterocycles. The van der Waals surface area contributed by atoms with Gasteiger partial charge in [0.1, 0.15) is 0 Å². The van der Waals surface area contributed by atoms with Crippen LogP contribution >= 0.6 is 0 Å². The molecule has 1 unspecified atom stereocenters. The summed E-state index contributed by atoms with van der Waals surface area (Å²) in [4.78, 5) is 38.5. The summed E-state index contributed by atoms with van der Waals surface area (Å²) in [5.74, 6) is -0.956. The number of amides is 3. The molecule has 2 atom stereocenters. The number of rotatable bonds is 2. The maximum absolute atomic E-state index is 12.3. The van der Waals surface area contributed by atoms with Gasteiger partial charge >= 0.3 is 6.09 Å². The molecule has 0 spiro atoms. The number of hydrogen-bond acceptors (Lipinski definition) is 5. The van der Waals surface area contributed by atoms with E-state index < -0.39 is 12.0 Å². The number of fused-ring (bicyclic) bond motifs is 1. The van der Waals surface area contributed by atoms with Crippen molar-refractivity contribution in [2.75, 3.05) is 24.5 Å². The van der Waals surface area contributed by atoms with Crippen LogP contribution in [0.1, 0.15) is 31.4 Å². The smallest absolute Gasteiger partial charge is 0.407 e. The molecule has 9 heteroatoms. The fourth-order valence-corrected chi connectivity index (χ4v) is 4.18. The fourth-order valence-electron chi connectivity index (χ4n) is 4.18. The molecule has 0 bridgehead atoms. The van der Waals surface area contributed by atoms with Crippen LogP contribution in [0.5, 0.6) is 0 Å². The maximum Gasteiger partial charge on any atom is 0.407 e. The predicted molar refractivity (Wildman–Crippen MR) is 102 cm³/mol. The van der Waals surface area contributed by atoms with Crippen molar-refractivity contribution in [2.45, 2.75) is 31.7 Å². The lowest BCUT2D eigenvalue weighted by atomic mass is 9.92. The van der Waals surface area contributed by atoms with Crippen molar-refractivity contribution >= 4 is 34.5 Å². The third-order valence-corrected chi connectivity index (χ3v) is 5.66. The Morgan fingerprint density at radius 1 is 1.29 bits per heavy atom. The number of carbonyl (C=O) groups is 3. The number of anilines is 1. The van der Waals surface area contributed by atoms with Crippen molar-refractivity contribution < 1.29 is 19.5 Å². The van der Waals surface area contributed by atoms with Gasteiger partial charge in [-0.05, 0) is 31.5 Å². The average molecular weight is 385 g/mol. The second-order valence-electron chi connectivity index (χ2n) is 7.48. The standard InChI is InChI=1S/C19H23N5O4/c1-11-10-23(19(27)28)7-8-24(11)12-3-4-13-15(9-12)22(2)21-17(13)14-5-6-16(25)20-18(14)26/h3-4,9,11,14H,5-8,10H2,1-2H3,(H,27,28)(H,20,25,26)/t11-,14?/m0/s1. The van der Waals surface area contributed by atoms with Crippen molar-refractivity contribution in [3.05, 3.63) is 23.9 Å². The third-order valence-electron chi connectivity index (χ3n) is 5.66. The number of piperidine rings is 1. The van der Waals surface area contributed by atoms with E-state index in [4.69, 9.17) is 0 Å². The normalized spacial score (nSPS) is 23.2. The second kappa shape index (κ2) is 6.81. The summed E-state index contributed by atoms with van der Waals surface area (Å²) in [5, 5.41) is 17.1. The topological polar surface area (TPSA) is 108 Å². The Morgan fingerprint density at radius 2 is 2.07 bits per heavy atom. The van der Waals surface area contributed by atoms with Crippen LogP contribution in [0.25, 0.3) is 10.9 Å². The molecule has 3 amide bonds. The first-order chi connectivity index (χ1) is 13.3. The highest BCUT2D eigenvalue weighted by Gasteiger charge is 2.32. The highest BCUT2D eigenvalue weighted by atomic mass is 16.4. The van der Waals surface area contributed by atoms with Crippen LogP contribution < -0.4 is 10.2 Å². The zero-order chi connectivity index (χ0) is 20.0. The first-order valence-corrected chi connectivity index (χ1v) is 9.40. The first-order valence-electron chi connectivity index (χ1n) is 9.40. The van der Waals surface area contributed by atoms with E-state index in [1.165, 1.54) is 4.90 Å². The van der Waals surface area contributed by atoms with Crippen molar-refractivity contribution in [3.63, 3.8) is 0 Å². The molecular weight excluding hydrogens is 362 g/mol. The molecule has 2 aromatic rings. The van der Waals surface area contributed by atoms with Crippen LogP contribution in [-0.4, -0.2) is 63.4 Å². The molecule has 2 N–H and O–H groups in total. The minimum Gasteiger partial charge on any atom is -0.465 e. The Kier molecular flexibility index (Phi) is 4.44. The summed E-state index contributed by atoms with van der Waals surface area (Å²) in [6.07, 6.45) is -0.104. The molecule has 2 aliphatic rings. The van der Waals surface area contributed by atoms with Gasteiger partial charge in [0.25, 0.3) is 0 Å². The Bertz CT molecular complexity index is 969. The predicted octanol–water partition coefficient (Wildman–Crippen LogP) is 1.28. The number of nitrogens with zero attached hydrogens (tertiary/aromatic N) is 4. The first kappa shape index (κ1) is 18.3. The van der Waals surface area contributed by atoms with Crippen LogP contribution in [-0.2, 0) is 16.6 Å². The number of nitrogens with one attached hydrogen (secondary N) is 1. The third kappa shape index (κ3) is 3.06. The number of aromatic nitrogens is 2. The van der Waals surface area contributed by atoms with Crippen molar-refractivity contribution in [2.24, 2.45) is 7.05 Å². The van der Waals surface area contributed by atoms with E-state index in [9.17, 15) is 19.5 Å². The number of carbonyl (C=O) groups excluding carboxylic acids is 2. The van der Waals surface area contributed by atoms with E-state index in [1.807, 2.05) is 32.2 Å². The van der Waals surface area contributed by atoms with E-state index in [1.54, 1.807) is 4.68 Å². The van der Waals surface area contributed by atoms with E-state index in [0.29, 0.717) is 38.2 Å². The Morgan fingerprint density at radius 3 is 2.75 bits per heavy atom. The van der Waals surface area contributed by atoms with Gasteiger partial charge in [0, 0.05) is 50.2 Å². The minimum atomic E-state index is -0.887. The highest BCUT2D eigenvalue weighted by molar-refractivity contribution is 6.02. The van der Waals surface area contributed by atoms with Crippen LogP contribution in [0.15, 0.2) is 18.2 Å². The zero-order valence-electron chi connectivity index (χ0n) is 15.9. The molecule has 2 fully saturated rings. The molecule has 0 saturated carbocycles. The van der Waals surface area contributed by atoms with Gasteiger partial charge in [-0.1, -0.05) is 0 Å². The molecule has 28 heavy (non-hydrogen) atoms. The lowest BCUT2D eigenvalue weighted by Gasteiger charge is -2.40. The summed E-state index contributed by atoms with van der Waals surface area (Å²) in [6.45, 7) is 3.55. The van der Waals surface area contributed by atoms with Crippen LogP contribution in [0.2, 0.25) is 0 Å². The Hall–Kier alpha value is -3.10. The molecule has 4 rings (SSSR count). The van der Waals surface area contributed by atoms with Gasteiger partial charge in [0.15, 0.2) is 0 Å². The Balaban J connectivity index is 1.64. The summed E-state index contributed by atoms with van der Waals surface area (Å²) >= 11 is 0. The lowest BCUT2D eigenvalue weighted by molar-refractivity contribution is -0.134. The van der Waals surface area contributed by atoms with Crippen LogP contribution in [0.4, 0.5) is 10.5 Å². The molecule has 3 heterocycles. The van der Waals surface area contributed by atoms with Gasteiger partial charge in [-0.2, -0.15) is 5.10 Å². The fraction of sp³-hybridized carbons (Fsp3) is 0.474. The summed E-state index contributed by atoms with van der Waals surface area (Å²) in [5.41, 5.74) is 2.60. The quantitative estimate of drug-likeness (QED) is 0.754.